The number of primary amides is 1. The van der Waals surface area contributed by atoms with Crippen molar-refractivity contribution in [2.45, 2.75) is 57.8 Å². The predicted octanol–water partition coefficient (Wildman–Crippen LogP) is 2.86. The van der Waals surface area contributed by atoms with E-state index in [9.17, 15) is 9.18 Å². The quantitative estimate of drug-likeness (QED) is 0.836. The number of nitrogens with two attached hydrogens (primary N) is 1. The van der Waals surface area contributed by atoms with Gasteiger partial charge >= 0.3 is 0 Å². The molecule has 1 fully saturated rings. The van der Waals surface area contributed by atoms with Crippen LogP contribution in [0.2, 0.25) is 5.02 Å². The first-order valence-electron chi connectivity index (χ1n) is 8.04. The van der Waals surface area contributed by atoms with Crippen LogP contribution in [0, 0.1) is 5.82 Å². The van der Waals surface area contributed by atoms with E-state index in [1.807, 2.05) is 13.0 Å². The molecule has 2 rings (SSSR count). The molecule has 4 nitrogen and oxygen atoms in total. The van der Waals surface area contributed by atoms with Crippen LogP contribution < -0.4 is 11.1 Å². The number of likely N-dealkylation sites (tertiary alicyclic amines) is 1. The minimum Gasteiger partial charge on any atom is -0.370 e. The molecule has 0 aliphatic carbocycles. The second-order valence-electron chi connectivity index (χ2n) is 6.58. The van der Waals surface area contributed by atoms with Crippen LogP contribution in [0.4, 0.5) is 4.39 Å². The van der Waals surface area contributed by atoms with E-state index in [4.69, 9.17) is 17.3 Å². The van der Waals surface area contributed by atoms with E-state index in [2.05, 4.69) is 24.1 Å². The summed E-state index contributed by atoms with van der Waals surface area (Å²) in [7, 11) is 0. The Balaban J connectivity index is 2.23. The van der Waals surface area contributed by atoms with Gasteiger partial charge in [0.2, 0.25) is 5.91 Å². The average Bonchev–Trinajstić information content (AvgIpc) is 2.84. The lowest BCUT2D eigenvalue weighted by atomic mass is 9.98. The SMILES string of the molecule is CC(C)N1CC[C@@H](N[C@H](C)CC(N)=O)[C@H]1c1ccc(Cl)c(F)c1. The first-order chi connectivity index (χ1) is 10.8. The van der Waals surface area contributed by atoms with Gasteiger partial charge in [-0.25, -0.2) is 4.39 Å². The number of halogens is 2. The summed E-state index contributed by atoms with van der Waals surface area (Å²) in [5, 5.41) is 3.61. The van der Waals surface area contributed by atoms with Crippen LogP contribution in [0.25, 0.3) is 0 Å². The number of hydrogen-bond acceptors (Lipinski definition) is 3. The Labute approximate surface area is 142 Å². The van der Waals surface area contributed by atoms with Crippen LogP contribution in [-0.2, 0) is 4.79 Å². The molecule has 0 aromatic heterocycles. The molecule has 1 amide bonds. The minimum absolute atomic E-state index is 0.00995. The third-order valence-corrected chi connectivity index (χ3v) is 4.70. The Bertz CT molecular complexity index is 567. The minimum atomic E-state index is -0.399. The van der Waals surface area contributed by atoms with Crippen LogP contribution >= 0.6 is 11.6 Å². The lowest BCUT2D eigenvalue weighted by Crippen LogP contribution is -2.43. The van der Waals surface area contributed by atoms with Gasteiger partial charge in [0.15, 0.2) is 0 Å². The Morgan fingerprint density at radius 2 is 2.17 bits per heavy atom. The lowest BCUT2D eigenvalue weighted by molar-refractivity contribution is -0.118. The Morgan fingerprint density at radius 1 is 1.48 bits per heavy atom. The largest absolute Gasteiger partial charge is 0.370 e. The summed E-state index contributed by atoms with van der Waals surface area (Å²) in [6.07, 6.45) is 1.23. The molecule has 0 unspecified atom stereocenters. The predicted molar refractivity (Wildman–Crippen MR) is 90.8 cm³/mol. The number of nitrogens with one attached hydrogen (secondary N) is 1. The van der Waals surface area contributed by atoms with Crippen molar-refractivity contribution in [1.82, 2.24) is 10.2 Å². The van der Waals surface area contributed by atoms with Gasteiger partial charge in [0.1, 0.15) is 5.82 Å². The van der Waals surface area contributed by atoms with Crippen LogP contribution in [0.1, 0.15) is 45.2 Å². The maximum absolute atomic E-state index is 13.9. The monoisotopic (exact) mass is 341 g/mol. The standard InChI is InChI=1S/C17H25ClFN3O/c1-10(2)22-7-6-15(21-11(3)8-16(20)23)17(22)12-4-5-13(18)14(19)9-12/h4-5,9-11,15,17,21H,6-8H2,1-3H3,(H2,20,23)/t11-,15-,17-/m1/s1. The molecular weight excluding hydrogens is 317 g/mol. The molecule has 6 heteroatoms. The molecule has 1 aromatic rings. The van der Waals surface area contributed by atoms with Crippen LogP contribution in [0.3, 0.4) is 0 Å². The van der Waals surface area contributed by atoms with E-state index in [0.717, 1.165) is 18.5 Å². The maximum Gasteiger partial charge on any atom is 0.218 e. The van der Waals surface area contributed by atoms with Gasteiger partial charge < -0.3 is 11.1 Å². The van der Waals surface area contributed by atoms with Crippen LogP contribution in [0.15, 0.2) is 18.2 Å². The molecule has 23 heavy (non-hydrogen) atoms. The average molecular weight is 342 g/mol. The number of nitrogens with zero attached hydrogens (tertiary/aromatic N) is 1. The van der Waals surface area contributed by atoms with Gasteiger partial charge in [0.05, 0.1) is 11.1 Å². The van der Waals surface area contributed by atoms with E-state index in [-0.39, 0.29) is 29.1 Å². The highest BCUT2D eigenvalue weighted by molar-refractivity contribution is 6.30. The molecule has 0 saturated carbocycles. The third-order valence-electron chi connectivity index (χ3n) is 4.39. The highest BCUT2D eigenvalue weighted by atomic mass is 35.5. The summed E-state index contributed by atoms with van der Waals surface area (Å²) in [5.41, 5.74) is 6.18. The summed E-state index contributed by atoms with van der Waals surface area (Å²) in [6.45, 7) is 7.14. The molecule has 1 aliphatic rings. The number of carbonyl (C=O) groups excluding carboxylic acids is 1. The number of benzene rings is 1. The Kier molecular flexibility index (Phi) is 6.00. The van der Waals surface area contributed by atoms with Gasteiger partial charge in [0, 0.05) is 31.1 Å². The molecule has 1 heterocycles. The molecule has 0 bridgehead atoms. The summed E-state index contributed by atoms with van der Waals surface area (Å²) in [5.74, 6) is -0.721. The molecular formula is C17H25ClFN3O. The van der Waals surface area contributed by atoms with Crippen molar-refractivity contribution in [3.05, 3.63) is 34.6 Å². The van der Waals surface area contributed by atoms with Crippen LogP contribution in [-0.4, -0.2) is 35.5 Å². The van der Waals surface area contributed by atoms with Crippen molar-refractivity contribution in [1.29, 1.82) is 0 Å². The normalized spacial score (nSPS) is 23.4. The number of rotatable bonds is 6. The van der Waals surface area contributed by atoms with Gasteiger partial charge in [0.25, 0.3) is 0 Å². The lowest BCUT2D eigenvalue weighted by Gasteiger charge is -2.33. The van der Waals surface area contributed by atoms with Crippen molar-refractivity contribution in [3.8, 4) is 0 Å². The zero-order chi connectivity index (χ0) is 17.1. The number of hydrogen-bond donors (Lipinski definition) is 2. The van der Waals surface area contributed by atoms with E-state index >= 15 is 0 Å². The summed E-state index contributed by atoms with van der Waals surface area (Å²) >= 11 is 5.81. The number of carbonyl (C=O) groups is 1. The molecule has 0 radical (unpaired) electrons. The second-order valence-corrected chi connectivity index (χ2v) is 6.99. The van der Waals surface area contributed by atoms with E-state index in [1.165, 1.54) is 6.07 Å². The van der Waals surface area contributed by atoms with Gasteiger partial charge in [-0.3, -0.25) is 9.69 Å². The summed E-state index contributed by atoms with van der Waals surface area (Å²) in [4.78, 5) is 13.4. The zero-order valence-electron chi connectivity index (χ0n) is 13.9. The second kappa shape index (κ2) is 7.60. The van der Waals surface area contributed by atoms with Gasteiger partial charge in [-0.1, -0.05) is 17.7 Å². The molecule has 1 aliphatic heterocycles. The van der Waals surface area contributed by atoms with Crippen molar-refractivity contribution < 1.29 is 9.18 Å². The molecule has 0 spiro atoms. The molecule has 3 N–H and O–H groups in total. The van der Waals surface area contributed by atoms with Crippen molar-refractivity contribution >= 4 is 17.5 Å². The smallest absolute Gasteiger partial charge is 0.218 e. The van der Waals surface area contributed by atoms with Gasteiger partial charge in [-0.05, 0) is 44.9 Å². The fourth-order valence-corrected chi connectivity index (χ4v) is 3.53. The fraction of sp³-hybridized carbons (Fsp3) is 0.588. The van der Waals surface area contributed by atoms with Crippen molar-refractivity contribution in [2.24, 2.45) is 5.73 Å². The third kappa shape index (κ3) is 4.43. The first-order valence-corrected chi connectivity index (χ1v) is 8.42. The molecule has 128 valence electrons. The van der Waals surface area contributed by atoms with E-state index in [0.29, 0.717) is 12.5 Å². The number of amides is 1. The Morgan fingerprint density at radius 3 is 2.74 bits per heavy atom. The summed E-state index contributed by atoms with van der Waals surface area (Å²) < 4.78 is 13.9. The molecule has 3 atom stereocenters. The van der Waals surface area contributed by atoms with Gasteiger partial charge in [-0.15, -0.1) is 0 Å². The first kappa shape index (κ1) is 18.2. The maximum atomic E-state index is 13.9. The Hall–Kier alpha value is -1.17. The molecule has 1 saturated heterocycles. The topological polar surface area (TPSA) is 58.4 Å². The zero-order valence-corrected chi connectivity index (χ0v) is 14.6. The van der Waals surface area contributed by atoms with Crippen molar-refractivity contribution in [2.75, 3.05) is 6.54 Å². The fourth-order valence-electron chi connectivity index (χ4n) is 3.42. The van der Waals surface area contributed by atoms with Crippen molar-refractivity contribution in [3.63, 3.8) is 0 Å². The van der Waals surface area contributed by atoms with Crippen LogP contribution in [0.5, 0.6) is 0 Å². The highest BCUT2D eigenvalue weighted by Gasteiger charge is 2.37. The van der Waals surface area contributed by atoms with E-state index < -0.39 is 5.82 Å². The molecule has 1 aromatic carbocycles. The highest BCUT2D eigenvalue weighted by Crippen LogP contribution is 2.35. The van der Waals surface area contributed by atoms with E-state index in [1.54, 1.807) is 6.07 Å². The van der Waals surface area contributed by atoms with Gasteiger partial charge in [-0.2, -0.15) is 0 Å². The summed E-state index contributed by atoms with van der Waals surface area (Å²) in [6, 6.07) is 5.53.